The summed E-state index contributed by atoms with van der Waals surface area (Å²) in [6.45, 7) is 0.582. The van der Waals surface area contributed by atoms with Gasteiger partial charge in [-0.3, -0.25) is 10.1 Å². The summed E-state index contributed by atoms with van der Waals surface area (Å²) in [4.78, 5) is 11.8. The summed E-state index contributed by atoms with van der Waals surface area (Å²) >= 11 is 0. The molecule has 0 heterocycles. The Bertz CT molecular complexity index is 435. The van der Waals surface area contributed by atoms with Gasteiger partial charge in [-0.2, -0.15) is 0 Å². The van der Waals surface area contributed by atoms with Crippen molar-refractivity contribution in [3.05, 3.63) is 23.8 Å². The van der Waals surface area contributed by atoms with E-state index in [1.165, 1.54) is 7.11 Å². The number of benzene rings is 1. The number of ether oxygens (including phenoxy) is 2. The Balaban J connectivity index is 2.78. The maximum atomic E-state index is 11.8. The summed E-state index contributed by atoms with van der Waals surface area (Å²) in [5.74, 6) is 3.50. The van der Waals surface area contributed by atoms with Crippen LogP contribution in [0.4, 0.5) is 0 Å². The molecule has 0 aromatic heterocycles. The van der Waals surface area contributed by atoms with Crippen LogP contribution in [-0.4, -0.2) is 33.1 Å². The van der Waals surface area contributed by atoms with E-state index in [0.717, 1.165) is 0 Å². The number of hydrogen-bond donors (Lipinski definition) is 1. The molecule has 1 aromatic rings. The van der Waals surface area contributed by atoms with Gasteiger partial charge in [-0.1, -0.05) is 5.92 Å². The molecule has 0 spiro atoms. The van der Waals surface area contributed by atoms with Crippen LogP contribution in [0.3, 0.4) is 0 Å². The van der Waals surface area contributed by atoms with E-state index in [-0.39, 0.29) is 12.3 Å². The van der Waals surface area contributed by atoms with Crippen LogP contribution in [0.15, 0.2) is 18.2 Å². The second-order valence-electron chi connectivity index (χ2n) is 3.30. The quantitative estimate of drug-likeness (QED) is 0.454. The third kappa shape index (κ3) is 3.51. The molecule has 0 unspecified atom stereocenters. The summed E-state index contributed by atoms with van der Waals surface area (Å²) in [7, 11) is 3.08. The van der Waals surface area contributed by atoms with E-state index in [2.05, 4.69) is 11.2 Å². The first-order valence-electron chi connectivity index (χ1n) is 5.12. The van der Waals surface area contributed by atoms with E-state index in [1.54, 1.807) is 25.3 Å². The van der Waals surface area contributed by atoms with Gasteiger partial charge in [-0.05, 0) is 18.2 Å². The lowest BCUT2D eigenvalue weighted by Crippen LogP contribution is -2.23. The molecular formula is C13H15NO3. The van der Waals surface area contributed by atoms with Gasteiger partial charge in [0.25, 0.3) is 0 Å². The lowest BCUT2D eigenvalue weighted by Gasteiger charge is -2.09. The van der Waals surface area contributed by atoms with Gasteiger partial charge in [0.15, 0.2) is 17.3 Å². The van der Waals surface area contributed by atoms with Crippen LogP contribution in [-0.2, 0) is 0 Å². The molecule has 4 nitrogen and oxygen atoms in total. The van der Waals surface area contributed by atoms with Gasteiger partial charge in [0.2, 0.25) is 0 Å². The molecule has 0 radical (unpaired) electrons. The van der Waals surface area contributed by atoms with Crippen LogP contribution in [0.25, 0.3) is 0 Å². The van der Waals surface area contributed by atoms with Gasteiger partial charge in [-0.15, -0.1) is 6.42 Å². The zero-order valence-corrected chi connectivity index (χ0v) is 9.95. The lowest BCUT2D eigenvalue weighted by atomic mass is 10.1. The van der Waals surface area contributed by atoms with Crippen LogP contribution < -0.4 is 14.8 Å². The monoisotopic (exact) mass is 233 g/mol. The fourth-order valence-electron chi connectivity index (χ4n) is 1.36. The standard InChI is InChI=1S/C13H15NO3/c1-4-7-14-9-11(15)10-5-6-12(16-2)13(8-10)17-3/h1,5-6,8,14H,7,9H2,2-3H3. The Morgan fingerprint density at radius 1 is 1.35 bits per heavy atom. The third-order valence-electron chi connectivity index (χ3n) is 2.22. The molecule has 17 heavy (non-hydrogen) atoms. The van der Waals surface area contributed by atoms with Gasteiger partial charge >= 0.3 is 0 Å². The van der Waals surface area contributed by atoms with Crippen molar-refractivity contribution >= 4 is 5.78 Å². The minimum atomic E-state index is -0.0406. The van der Waals surface area contributed by atoms with E-state index in [1.807, 2.05) is 0 Å². The highest BCUT2D eigenvalue weighted by atomic mass is 16.5. The van der Waals surface area contributed by atoms with Gasteiger partial charge in [0, 0.05) is 5.56 Å². The number of Topliss-reactive ketones (excluding diaryl/α,β-unsaturated/α-hetero) is 1. The smallest absolute Gasteiger partial charge is 0.176 e. The summed E-state index contributed by atoms with van der Waals surface area (Å²) in [5, 5.41) is 2.84. The maximum Gasteiger partial charge on any atom is 0.176 e. The van der Waals surface area contributed by atoms with E-state index in [9.17, 15) is 4.79 Å². The highest BCUT2D eigenvalue weighted by Crippen LogP contribution is 2.27. The largest absolute Gasteiger partial charge is 0.493 e. The highest BCUT2D eigenvalue weighted by Gasteiger charge is 2.09. The van der Waals surface area contributed by atoms with Crippen LogP contribution in [0.2, 0.25) is 0 Å². The number of nitrogens with one attached hydrogen (secondary N) is 1. The molecule has 1 N–H and O–H groups in total. The summed E-state index contributed by atoms with van der Waals surface area (Å²) in [6.07, 6.45) is 5.08. The van der Waals surface area contributed by atoms with Crippen LogP contribution >= 0.6 is 0 Å². The average Bonchev–Trinajstić information content (AvgIpc) is 2.38. The number of carbonyl (C=O) groups is 1. The van der Waals surface area contributed by atoms with Gasteiger partial charge in [-0.25, -0.2) is 0 Å². The predicted octanol–water partition coefficient (Wildman–Crippen LogP) is 1.11. The molecule has 0 aliphatic rings. The van der Waals surface area contributed by atoms with Crippen molar-refractivity contribution < 1.29 is 14.3 Å². The molecule has 0 saturated heterocycles. The maximum absolute atomic E-state index is 11.8. The zero-order chi connectivity index (χ0) is 12.7. The Hall–Kier alpha value is -1.99. The minimum absolute atomic E-state index is 0.0406. The summed E-state index contributed by atoms with van der Waals surface area (Å²) < 4.78 is 10.2. The number of rotatable bonds is 6. The normalized spacial score (nSPS) is 9.47. The number of carbonyl (C=O) groups excluding carboxylic acids is 1. The van der Waals surface area contributed by atoms with E-state index >= 15 is 0 Å². The molecule has 4 heteroatoms. The van der Waals surface area contributed by atoms with E-state index in [4.69, 9.17) is 15.9 Å². The third-order valence-corrected chi connectivity index (χ3v) is 2.22. The fourth-order valence-corrected chi connectivity index (χ4v) is 1.36. The molecule has 1 aromatic carbocycles. The predicted molar refractivity (Wildman–Crippen MR) is 65.6 cm³/mol. The van der Waals surface area contributed by atoms with Gasteiger partial charge in [0.05, 0.1) is 27.3 Å². The van der Waals surface area contributed by atoms with Crippen LogP contribution in [0.5, 0.6) is 11.5 Å². The molecule has 0 saturated carbocycles. The first-order valence-corrected chi connectivity index (χ1v) is 5.12. The fraction of sp³-hybridized carbons (Fsp3) is 0.308. The molecule has 0 amide bonds. The average molecular weight is 233 g/mol. The Kier molecular flexibility index (Phi) is 5.05. The second-order valence-corrected chi connectivity index (χ2v) is 3.30. The van der Waals surface area contributed by atoms with Crippen molar-refractivity contribution in [2.75, 3.05) is 27.3 Å². The zero-order valence-electron chi connectivity index (χ0n) is 9.95. The molecular weight excluding hydrogens is 218 g/mol. The minimum Gasteiger partial charge on any atom is -0.493 e. The molecule has 0 atom stereocenters. The molecule has 0 fully saturated rings. The second kappa shape index (κ2) is 6.56. The first kappa shape index (κ1) is 13.1. The Morgan fingerprint density at radius 3 is 2.65 bits per heavy atom. The van der Waals surface area contributed by atoms with Crippen molar-refractivity contribution in [3.8, 4) is 23.8 Å². The Morgan fingerprint density at radius 2 is 2.06 bits per heavy atom. The number of methoxy groups -OCH3 is 2. The van der Waals surface area contributed by atoms with Gasteiger partial charge < -0.3 is 9.47 Å². The topological polar surface area (TPSA) is 47.6 Å². The summed E-state index contributed by atoms with van der Waals surface area (Å²) in [5.41, 5.74) is 0.562. The lowest BCUT2D eigenvalue weighted by molar-refractivity contribution is 0.0992. The summed E-state index contributed by atoms with van der Waals surface area (Å²) in [6, 6.07) is 5.05. The molecule has 1 rings (SSSR count). The molecule has 0 aliphatic heterocycles. The highest BCUT2D eigenvalue weighted by molar-refractivity contribution is 5.98. The van der Waals surface area contributed by atoms with E-state index < -0.39 is 0 Å². The van der Waals surface area contributed by atoms with Crippen molar-refractivity contribution in [1.82, 2.24) is 5.32 Å². The van der Waals surface area contributed by atoms with Crippen molar-refractivity contribution in [2.24, 2.45) is 0 Å². The number of ketones is 1. The molecule has 90 valence electrons. The Labute approximate surface area is 101 Å². The van der Waals surface area contributed by atoms with E-state index in [0.29, 0.717) is 23.6 Å². The van der Waals surface area contributed by atoms with Gasteiger partial charge in [0.1, 0.15) is 0 Å². The van der Waals surface area contributed by atoms with Crippen LogP contribution in [0.1, 0.15) is 10.4 Å². The van der Waals surface area contributed by atoms with Crippen molar-refractivity contribution in [2.45, 2.75) is 0 Å². The number of hydrogen-bond acceptors (Lipinski definition) is 4. The van der Waals surface area contributed by atoms with Crippen molar-refractivity contribution in [3.63, 3.8) is 0 Å². The van der Waals surface area contributed by atoms with Crippen LogP contribution in [0, 0.1) is 12.3 Å². The van der Waals surface area contributed by atoms with Crippen molar-refractivity contribution in [1.29, 1.82) is 0 Å². The molecule has 0 aliphatic carbocycles. The SMILES string of the molecule is C#CCNCC(=O)c1ccc(OC)c(OC)c1. The number of terminal acetylenes is 1. The first-order chi connectivity index (χ1) is 8.22. The molecule has 0 bridgehead atoms.